The molecule has 1 aromatic rings. The molecule has 17 heavy (non-hydrogen) atoms. The highest BCUT2D eigenvalue weighted by molar-refractivity contribution is 9.10. The van der Waals surface area contributed by atoms with Crippen molar-refractivity contribution in [3.63, 3.8) is 0 Å². The fourth-order valence-electron chi connectivity index (χ4n) is 1.03. The molecule has 1 rings (SSSR count). The monoisotopic (exact) mass is 346 g/mol. The first-order valence-corrected chi connectivity index (χ1v) is 7.50. The van der Waals surface area contributed by atoms with Crippen molar-refractivity contribution in [3.05, 3.63) is 16.6 Å². The largest absolute Gasteiger partial charge is 0.324 e. The first kappa shape index (κ1) is 14.3. The van der Waals surface area contributed by atoms with Crippen molar-refractivity contribution in [2.45, 2.75) is 9.79 Å². The van der Waals surface area contributed by atoms with Crippen LogP contribution in [0.4, 0.5) is 5.69 Å². The summed E-state index contributed by atoms with van der Waals surface area (Å²) >= 11 is 2.67. The summed E-state index contributed by atoms with van der Waals surface area (Å²) in [6, 6.07) is 1.79. The molecule has 0 saturated heterocycles. The van der Waals surface area contributed by atoms with Crippen LogP contribution in [0.2, 0.25) is 0 Å². The van der Waals surface area contributed by atoms with Crippen molar-refractivity contribution in [1.82, 2.24) is 0 Å². The molecule has 0 heterocycles. The normalized spacial score (nSPS) is 12.5. The third-order valence-electron chi connectivity index (χ3n) is 1.73. The van der Waals surface area contributed by atoms with E-state index < -0.39 is 34.5 Å². The van der Waals surface area contributed by atoms with Gasteiger partial charge in [0.15, 0.2) is 0 Å². The van der Waals surface area contributed by atoms with Crippen LogP contribution >= 0.6 is 15.9 Å². The summed E-state index contributed by atoms with van der Waals surface area (Å²) in [6.45, 7) is 0. The van der Waals surface area contributed by atoms with E-state index in [2.05, 4.69) is 15.9 Å². The van der Waals surface area contributed by atoms with Crippen molar-refractivity contribution in [3.8, 4) is 0 Å². The van der Waals surface area contributed by atoms with Gasteiger partial charge in [0.1, 0.15) is 9.79 Å². The lowest BCUT2D eigenvalue weighted by molar-refractivity contribution is 0.480. The van der Waals surface area contributed by atoms with Crippen molar-refractivity contribution in [2.75, 3.05) is 5.43 Å². The quantitative estimate of drug-likeness (QED) is 0.345. The topological polar surface area (TPSA) is 147 Å². The van der Waals surface area contributed by atoms with Crippen LogP contribution in [0, 0.1) is 0 Å². The molecule has 8 nitrogen and oxygen atoms in total. The van der Waals surface area contributed by atoms with E-state index in [9.17, 15) is 16.8 Å². The minimum absolute atomic E-state index is 0.117. The highest BCUT2D eigenvalue weighted by Crippen LogP contribution is 2.32. The molecule has 0 unspecified atom stereocenters. The van der Waals surface area contributed by atoms with Gasteiger partial charge < -0.3 is 5.43 Å². The second-order valence-corrected chi connectivity index (χ2v) is 6.45. The van der Waals surface area contributed by atoms with Crippen LogP contribution in [0.25, 0.3) is 0 Å². The third kappa shape index (κ3) is 3.14. The summed E-state index contributed by atoms with van der Waals surface area (Å²) in [4.78, 5) is -1.47. The fourth-order valence-corrected chi connectivity index (χ4v) is 3.78. The van der Waals surface area contributed by atoms with Crippen LogP contribution in [0.3, 0.4) is 0 Å². The summed E-state index contributed by atoms with van der Waals surface area (Å²) in [5.74, 6) is 5.01. The molecule has 0 aliphatic carbocycles. The van der Waals surface area contributed by atoms with Gasteiger partial charge in [0, 0.05) is 0 Å². The molecule has 0 atom stereocenters. The van der Waals surface area contributed by atoms with Crippen LogP contribution < -0.4 is 11.3 Å². The highest BCUT2D eigenvalue weighted by Gasteiger charge is 2.24. The molecule has 0 saturated carbocycles. The zero-order valence-electron chi connectivity index (χ0n) is 7.95. The number of nitrogens with two attached hydrogens (primary N) is 1. The number of nitrogen functional groups attached to an aromatic ring is 1. The van der Waals surface area contributed by atoms with Gasteiger partial charge in [-0.25, -0.2) is 0 Å². The van der Waals surface area contributed by atoms with Gasteiger partial charge in [-0.15, -0.1) is 0 Å². The molecule has 0 aliphatic heterocycles. The zero-order chi connectivity index (χ0) is 13.4. The Morgan fingerprint density at radius 3 is 1.65 bits per heavy atom. The number of hydrogen-bond acceptors (Lipinski definition) is 6. The highest BCUT2D eigenvalue weighted by atomic mass is 79.9. The van der Waals surface area contributed by atoms with Crippen molar-refractivity contribution in [2.24, 2.45) is 5.84 Å². The zero-order valence-corrected chi connectivity index (χ0v) is 11.2. The third-order valence-corrected chi connectivity index (χ3v) is 4.86. The van der Waals surface area contributed by atoms with Crippen molar-refractivity contribution >= 4 is 41.9 Å². The fraction of sp³-hybridized carbons (Fsp3) is 0. The SMILES string of the molecule is NNc1cc(S(=O)(=O)O)c(Br)c(S(=O)(=O)O)c1. The van der Waals surface area contributed by atoms with Crippen LogP contribution in [-0.4, -0.2) is 25.9 Å². The van der Waals surface area contributed by atoms with Crippen LogP contribution in [0.5, 0.6) is 0 Å². The summed E-state index contributed by atoms with van der Waals surface area (Å²) in [6.07, 6.45) is 0. The Bertz CT molecular complexity index is 600. The van der Waals surface area contributed by atoms with E-state index in [0.29, 0.717) is 0 Å². The van der Waals surface area contributed by atoms with Gasteiger partial charge in [-0.2, -0.15) is 16.8 Å². The standard InChI is InChI=1S/C6H7BrN2O6S2/c7-6-4(16(10,11)12)1-3(9-8)2-5(6)17(13,14)15/h1-2,9H,8H2,(H,10,11,12)(H,13,14,15). The van der Waals surface area contributed by atoms with Gasteiger partial charge in [-0.3, -0.25) is 14.9 Å². The molecule has 0 bridgehead atoms. The summed E-state index contributed by atoms with van der Waals surface area (Å²) < 4.78 is 61.2. The number of rotatable bonds is 3. The van der Waals surface area contributed by atoms with E-state index in [0.717, 1.165) is 12.1 Å². The van der Waals surface area contributed by atoms with E-state index in [1.54, 1.807) is 0 Å². The lowest BCUT2D eigenvalue weighted by Crippen LogP contribution is -2.11. The molecule has 0 aromatic heterocycles. The van der Waals surface area contributed by atoms with E-state index in [1.165, 1.54) is 0 Å². The Labute approximate surface area is 105 Å². The number of anilines is 1. The minimum atomic E-state index is -4.67. The van der Waals surface area contributed by atoms with Gasteiger partial charge in [0.05, 0.1) is 10.2 Å². The van der Waals surface area contributed by atoms with E-state index in [4.69, 9.17) is 14.9 Å². The van der Waals surface area contributed by atoms with E-state index in [1.807, 2.05) is 5.43 Å². The van der Waals surface area contributed by atoms with Crippen molar-refractivity contribution < 1.29 is 25.9 Å². The van der Waals surface area contributed by atoms with E-state index >= 15 is 0 Å². The lowest BCUT2D eigenvalue weighted by Gasteiger charge is -2.09. The molecular formula is C6H7BrN2O6S2. The Balaban J connectivity index is 3.78. The molecule has 0 spiro atoms. The average Bonchev–Trinajstić information content (AvgIpc) is 2.14. The van der Waals surface area contributed by atoms with Gasteiger partial charge in [-0.05, 0) is 28.1 Å². The molecule has 5 N–H and O–H groups in total. The van der Waals surface area contributed by atoms with Crippen LogP contribution in [0.1, 0.15) is 0 Å². The minimum Gasteiger partial charge on any atom is -0.324 e. The molecular weight excluding hydrogens is 340 g/mol. The van der Waals surface area contributed by atoms with Gasteiger partial charge in [0.25, 0.3) is 20.2 Å². The number of benzene rings is 1. The average molecular weight is 347 g/mol. The predicted molar refractivity (Wildman–Crippen MR) is 61.6 cm³/mol. The number of halogens is 1. The molecule has 0 fully saturated rings. The molecule has 0 aliphatic rings. The molecule has 1 aromatic carbocycles. The second-order valence-electron chi connectivity index (χ2n) is 2.88. The number of hydrogen-bond donors (Lipinski definition) is 4. The maximum atomic E-state index is 11.0. The lowest BCUT2D eigenvalue weighted by atomic mass is 10.3. The summed E-state index contributed by atoms with van der Waals surface area (Å²) in [7, 11) is -9.33. The number of hydrazine groups is 1. The second kappa shape index (κ2) is 4.51. The Kier molecular flexibility index (Phi) is 3.81. The Morgan fingerprint density at radius 1 is 1.06 bits per heavy atom. The number of nitrogens with one attached hydrogen (secondary N) is 1. The molecule has 0 amide bonds. The van der Waals surface area contributed by atoms with Gasteiger partial charge in [0.2, 0.25) is 0 Å². The van der Waals surface area contributed by atoms with Crippen LogP contribution in [0.15, 0.2) is 26.4 Å². The molecule has 96 valence electrons. The van der Waals surface area contributed by atoms with Gasteiger partial charge in [-0.1, -0.05) is 0 Å². The molecule has 0 radical (unpaired) electrons. The van der Waals surface area contributed by atoms with Crippen molar-refractivity contribution in [1.29, 1.82) is 0 Å². The maximum absolute atomic E-state index is 11.0. The van der Waals surface area contributed by atoms with Crippen LogP contribution in [-0.2, 0) is 20.2 Å². The summed E-state index contributed by atoms with van der Waals surface area (Å²) in [5.41, 5.74) is 1.89. The maximum Gasteiger partial charge on any atom is 0.295 e. The first-order chi connectivity index (χ1) is 7.57. The Morgan fingerprint density at radius 2 is 1.41 bits per heavy atom. The molecule has 11 heteroatoms. The Hall–Kier alpha value is -0.720. The first-order valence-electron chi connectivity index (χ1n) is 3.82. The smallest absolute Gasteiger partial charge is 0.295 e. The van der Waals surface area contributed by atoms with E-state index in [-0.39, 0.29) is 5.69 Å². The predicted octanol–water partition coefficient (Wildman–Crippen LogP) is 0.228. The summed E-state index contributed by atoms with van der Waals surface area (Å²) in [5, 5.41) is 0. The van der Waals surface area contributed by atoms with Gasteiger partial charge >= 0.3 is 0 Å².